The van der Waals surface area contributed by atoms with Gasteiger partial charge in [-0.05, 0) is 31.0 Å². The zero-order chi connectivity index (χ0) is 19.7. The van der Waals surface area contributed by atoms with Crippen molar-refractivity contribution in [3.63, 3.8) is 0 Å². The summed E-state index contributed by atoms with van der Waals surface area (Å²) in [4.78, 5) is 13.3. The highest BCUT2D eigenvalue weighted by atomic mass is 32.2. The van der Waals surface area contributed by atoms with Crippen molar-refractivity contribution in [3.05, 3.63) is 23.9 Å². The third-order valence-corrected chi connectivity index (χ3v) is 5.41. The first-order valence-electron chi connectivity index (χ1n) is 8.17. The van der Waals surface area contributed by atoms with Crippen LogP contribution in [-0.2, 0) is 21.0 Å². The summed E-state index contributed by atoms with van der Waals surface area (Å²) in [5.41, 5.74) is -1.23. The molecule has 148 valence electrons. The Labute approximate surface area is 152 Å². The molecule has 1 amide bonds. The van der Waals surface area contributed by atoms with Crippen LogP contribution in [0.5, 0.6) is 0 Å². The van der Waals surface area contributed by atoms with E-state index in [9.17, 15) is 26.4 Å². The minimum Gasteiger partial charge on any atom is -0.442 e. The lowest BCUT2D eigenvalue weighted by molar-refractivity contribution is -0.141. The number of nitrogens with zero attached hydrogens (tertiary/aromatic N) is 2. The summed E-state index contributed by atoms with van der Waals surface area (Å²) in [6.07, 6.45) is -2.43. The molecule has 0 aromatic carbocycles. The molecule has 1 aliphatic heterocycles. The molecule has 1 saturated heterocycles. The predicted molar refractivity (Wildman–Crippen MR) is 86.9 cm³/mol. The molecule has 12 heteroatoms. The van der Waals surface area contributed by atoms with Crippen LogP contribution >= 0.6 is 0 Å². The smallest absolute Gasteiger partial charge is 0.432 e. The molecule has 1 aliphatic rings. The van der Waals surface area contributed by atoms with Crippen LogP contribution in [0.2, 0.25) is 0 Å². The van der Waals surface area contributed by atoms with Crippen LogP contribution in [-0.4, -0.2) is 49.1 Å². The SMILES string of the molecule is O=C1CCCCN1CCNS(=O)(=O)c1ccc(-c2cc(C(F)(F)F)[nH]n2)o1. The van der Waals surface area contributed by atoms with Gasteiger partial charge >= 0.3 is 6.18 Å². The second-order valence-electron chi connectivity index (χ2n) is 6.02. The first kappa shape index (κ1) is 19.4. The van der Waals surface area contributed by atoms with Crippen molar-refractivity contribution in [2.45, 2.75) is 30.5 Å². The number of hydrogen-bond donors (Lipinski definition) is 2. The number of aromatic amines is 1. The Morgan fingerprint density at radius 2 is 2.07 bits per heavy atom. The maximum Gasteiger partial charge on any atom is 0.432 e. The van der Waals surface area contributed by atoms with Crippen molar-refractivity contribution < 1.29 is 30.8 Å². The molecular formula is C15H17F3N4O4S. The quantitative estimate of drug-likeness (QED) is 0.763. The number of H-pyrrole nitrogens is 1. The van der Waals surface area contributed by atoms with Gasteiger partial charge in [0, 0.05) is 26.1 Å². The van der Waals surface area contributed by atoms with Crippen molar-refractivity contribution >= 4 is 15.9 Å². The molecule has 27 heavy (non-hydrogen) atoms. The highest BCUT2D eigenvalue weighted by Gasteiger charge is 2.33. The Bertz CT molecular complexity index is 920. The van der Waals surface area contributed by atoms with E-state index in [1.807, 2.05) is 5.10 Å². The molecule has 0 bridgehead atoms. The lowest BCUT2D eigenvalue weighted by Gasteiger charge is -2.26. The van der Waals surface area contributed by atoms with E-state index < -0.39 is 27.0 Å². The average molecular weight is 406 g/mol. The topological polar surface area (TPSA) is 108 Å². The van der Waals surface area contributed by atoms with Crippen LogP contribution in [0, 0.1) is 0 Å². The largest absolute Gasteiger partial charge is 0.442 e. The molecule has 2 N–H and O–H groups in total. The van der Waals surface area contributed by atoms with Crippen LogP contribution < -0.4 is 4.72 Å². The minimum absolute atomic E-state index is 0.00470. The summed E-state index contributed by atoms with van der Waals surface area (Å²) in [6.45, 7) is 0.830. The number of piperidine rings is 1. The Hall–Kier alpha value is -2.34. The van der Waals surface area contributed by atoms with E-state index in [1.165, 1.54) is 6.07 Å². The fourth-order valence-corrected chi connectivity index (χ4v) is 3.63. The van der Waals surface area contributed by atoms with Crippen molar-refractivity contribution in [2.24, 2.45) is 0 Å². The highest BCUT2D eigenvalue weighted by Crippen LogP contribution is 2.31. The zero-order valence-corrected chi connectivity index (χ0v) is 14.9. The molecule has 2 aromatic heterocycles. The van der Waals surface area contributed by atoms with Gasteiger partial charge in [0.25, 0.3) is 10.0 Å². The standard InChI is InChI=1S/C15H17F3N4O4S/c16-15(17,18)12-9-10(20-21-12)11-4-5-14(26-11)27(24,25)19-6-8-22-7-2-1-3-13(22)23/h4-5,9,19H,1-3,6-8H2,(H,20,21). The summed E-state index contributed by atoms with van der Waals surface area (Å²) in [5, 5.41) is 4.87. The summed E-state index contributed by atoms with van der Waals surface area (Å²) in [5.74, 6) is -0.131. The Balaban J connectivity index is 1.64. The number of likely N-dealkylation sites (tertiary alicyclic amines) is 1. The number of carbonyl (C=O) groups is 1. The molecule has 0 aliphatic carbocycles. The van der Waals surface area contributed by atoms with E-state index >= 15 is 0 Å². The average Bonchev–Trinajstić information content (AvgIpc) is 3.25. The van der Waals surface area contributed by atoms with Crippen molar-refractivity contribution in [1.29, 1.82) is 0 Å². The monoisotopic (exact) mass is 406 g/mol. The molecular weight excluding hydrogens is 389 g/mol. The first-order valence-corrected chi connectivity index (χ1v) is 9.65. The van der Waals surface area contributed by atoms with Crippen molar-refractivity contribution in [3.8, 4) is 11.5 Å². The molecule has 1 fully saturated rings. The van der Waals surface area contributed by atoms with Crippen molar-refractivity contribution in [2.75, 3.05) is 19.6 Å². The second kappa shape index (κ2) is 7.35. The number of furan rings is 1. The van der Waals surface area contributed by atoms with Gasteiger partial charge in [-0.2, -0.15) is 18.3 Å². The molecule has 0 radical (unpaired) electrons. The number of hydrogen-bond acceptors (Lipinski definition) is 5. The Morgan fingerprint density at radius 1 is 1.30 bits per heavy atom. The van der Waals surface area contributed by atoms with Gasteiger partial charge in [0.15, 0.2) is 5.76 Å². The second-order valence-corrected chi connectivity index (χ2v) is 7.72. The van der Waals surface area contributed by atoms with E-state index in [0.717, 1.165) is 25.0 Å². The van der Waals surface area contributed by atoms with E-state index in [0.29, 0.717) is 13.0 Å². The zero-order valence-electron chi connectivity index (χ0n) is 14.0. The number of alkyl halides is 3. The van der Waals surface area contributed by atoms with Gasteiger partial charge in [-0.1, -0.05) is 0 Å². The molecule has 8 nitrogen and oxygen atoms in total. The lowest BCUT2D eigenvalue weighted by atomic mass is 10.1. The van der Waals surface area contributed by atoms with Gasteiger partial charge < -0.3 is 9.32 Å². The van der Waals surface area contributed by atoms with E-state index in [4.69, 9.17) is 4.42 Å². The summed E-state index contributed by atoms with van der Waals surface area (Å²) in [6, 6.07) is 3.08. The summed E-state index contributed by atoms with van der Waals surface area (Å²) in [7, 11) is -4.00. The number of sulfonamides is 1. The molecule has 0 atom stereocenters. The third kappa shape index (κ3) is 4.50. The third-order valence-electron chi connectivity index (χ3n) is 4.08. The van der Waals surface area contributed by atoms with Crippen LogP contribution in [0.3, 0.4) is 0 Å². The summed E-state index contributed by atoms with van der Waals surface area (Å²) < 4.78 is 69.7. The van der Waals surface area contributed by atoms with Gasteiger partial charge in [0.1, 0.15) is 11.4 Å². The van der Waals surface area contributed by atoms with E-state index in [1.54, 1.807) is 4.90 Å². The van der Waals surface area contributed by atoms with E-state index in [2.05, 4.69) is 9.82 Å². The van der Waals surface area contributed by atoms with Gasteiger partial charge in [-0.25, -0.2) is 13.1 Å². The molecule has 3 rings (SSSR count). The fraction of sp³-hybridized carbons (Fsp3) is 0.467. The predicted octanol–water partition coefficient (Wildman–Crippen LogP) is 1.98. The van der Waals surface area contributed by atoms with Gasteiger partial charge in [-0.15, -0.1) is 0 Å². The molecule has 0 saturated carbocycles. The van der Waals surface area contributed by atoms with Gasteiger partial charge in [0.2, 0.25) is 11.0 Å². The van der Waals surface area contributed by atoms with E-state index in [-0.39, 0.29) is 30.5 Å². The maximum atomic E-state index is 12.6. The number of rotatable bonds is 6. The molecule has 3 heterocycles. The Morgan fingerprint density at radius 3 is 2.74 bits per heavy atom. The van der Waals surface area contributed by atoms with Crippen molar-refractivity contribution in [1.82, 2.24) is 19.8 Å². The number of carbonyl (C=O) groups excluding carboxylic acids is 1. The van der Waals surface area contributed by atoms with Gasteiger partial charge in [0.05, 0.1) is 0 Å². The van der Waals surface area contributed by atoms with Gasteiger partial charge in [-0.3, -0.25) is 9.89 Å². The molecule has 0 spiro atoms. The highest BCUT2D eigenvalue weighted by molar-refractivity contribution is 7.89. The maximum absolute atomic E-state index is 12.6. The molecule has 0 unspecified atom stereocenters. The minimum atomic E-state index is -4.60. The Kier molecular flexibility index (Phi) is 5.29. The summed E-state index contributed by atoms with van der Waals surface area (Å²) >= 11 is 0. The number of aromatic nitrogens is 2. The normalized spacial score (nSPS) is 16.1. The van der Waals surface area contributed by atoms with Crippen LogP contribution in [0.1, 0.15) is 25.0 Å². The van der Waals surface area contributed by atoms with Crippen LogP contribution in [0.25, 0.3) is 11.5 Å². The van der Waals surface area contributed by atoms with Crippen LogP contribution in [0.4, 0.5) is 13.2 Å². The van der Waals surface area contributed by atoms with Crippen LogP contribution in [0.15, 0.2) is 27.7 Å². The first-order chi connectivity index (χ1) is 12.7. The number of nitrogens with one attached hydrogen (secondary N) is 2. The lowest BCUT2D eigenvalue weighted by Crippen LogP contribution is -2.40. The molecule has 2 aromatic rings. The number of halogens is 3. The fourth-order valence-electron chi connectivity index (χ4n) is 2.68. The number of amides is 1.